The number of hydrogen-bond acceptors (Lipinski definition) is 5. The maximum atomic E-state index is 6.33. The summed E-state index contributed by atoms with van der Waals surface area (Å²) in [7, 11) is 0. The molecule has 0 radical (unpaired) electrons. The highest BCUT2D eigenvalue weighted by molar-refractivity contribution is 6.09. The molecule has 0 fully saturated rings. The molecule has 6 aromatic carbocycles. The Labute approximate surface area is 287 Å². The summed E-state index contributed by atoms with van der Waals surface area (Å²) < 4.78 is 8.66. The smallest absolute Gasteiger partial charge is 0.186 e. The van der Waals surface area contributed by atoms with Crippen molar-refractivity contribution < 1.29 is 4.42 Å². The minimum Gasteiger partial charge on any atom is -0.454 e. The molecule has 4 aromatic heterocycles. The quantitative estimate of drug-likeness (QED) is 0.187. The molecule has 0 atom stereocenters. The molecule has 0 aliphatic carbocycles. The van der Waals surface area contributed by atoms with Gasteiger partial charge in [-0.2, -0.15) is 0 Å². The van der Waals surface area contributed by atoms with Gasteiger partial charge in [0.1, 0.15) is 5.58 Å². The molecule has 0 aliphatic heterocycles. The molecule has 0 N–H and O–H groups in total. The molecule has 10 aromatic rings. The Bertz CT molecular complexity index is 2820. The summed E-state index contributed by atoms with van der Waals surface area (Å²) >= 11 is 0. The van der Waals surface area contributed by atoms with E-state index in [1.807, 2.05) is 60.7 Å². The van der Waals surface area contributed by atoms with E-state index in [-0.39, 0.29) is 0 Å². The van der Waals surface area contributed by atoms with Crippen LogP contribution in [0.15, 0.2) is 168 Å². The van der Waals surface area contributed by atoms with E-state index in [1.54, 1.807) is 6.20 Å². The fourth-order valence-corrected chi connectivity index (χ4v) is 6.98. The summed E-state index contributed by atoms with van der Waals surface area (Å²) in [5.74, 6) is 1.59. The second-order valence-corrected chi connectivity index (χ2v) is 12.3. The number of furan rings is 1. The number of nitrogens with zero attached hydrogens (tertiary/aromatic N) is 5. The van der Waals surface area contributed by atoms with E-state index in [4.69, 9.17) is 24.4 Å². The van der Waals surface area contributed by atoms with Gasteiger partial charge in [-0.25, -0.2) is 19.9 Å². The summed E-state index contributed by atoms with van der Waals surface area (Å²) in [5, 5.41) is 4.50. The van der Waals surface area contributed by atoms with E-state index < -0.39 is 0 Å². The molecule has 0 amide bonds. The van der Waals surface area contributed by atoms with Gasteiger partial charge in [0.05, 0.1) is 11.0 Å². The SMILES string of the molecule is c1ccc(-c2nc(-c3cccc(-c4ccc(-n5c6ccccc6c6ccccc65)cc4)c3)nc(-c3nccc4c3oc3ccccc34)n2)cc1. The zero-order valence-corrected chi connectivity index (χ0v) is 26.7. The predicted octanol–water partition coefficient (Wildman–Crippen LogP) is 10.9. The van der Waals surface area contributed by atoms with Crippen molar-refractivity contribution in [3.63, 3.8) is 0 Å². The standard InChI is InChI=1S/C44H27N5O/c1-2-11-29(12-3-1)42-46-43(48-44(47-42)40-41-36(25-26-45-40)35-17-6-9-20-39(35)50-41)31-14-10-13-30(27-31)28-21-23-32(24-22-28)49-37-18-7-4-15-33(37)34-16-5-8-19-38(34)49/h1-27H. The summed E-state index contributed by atoms with van der Waals surface area (Å²) in [6.07, 6.45) is 1.79. The Morgan fingerprint density at radius 3 is 1.78 bits per heavy atom. The first-order valence-corrected chi connectivity index (χ1v) is 16.6. The van der Waals surface area contributed by atoms with E-state index in [0.29, 0.717) is 28.8 Å². The highest BCUT2D eigenvalue weighted by Gasteiger charge is 2.19. The van der Waals surface area contributed by atoms with Gasteiger partial charge in [0.25, 0.3) is 0 Å². The lowest BCUT2D eigenvalue weighted by Gasteiger charge is -2.11. The number of fused-ring (bicyclic) bond motifs is 6. The number of benzene rings is 6. The molecule has 10 rings (SSSR count). The fourth-order valence-electron chi connectivity index (χ4n) is 6.98. The zero-order chi connectivity index (χ0) is 33.0. The van der Waals surface area contributed by atoms with Crippen LogP contribution < -0.4 is 0 Å². The Morgan fingerprint density at radius 2 is 1.02 bits per heavy atom. The first-order valence-electron chi connectivity index (χ1n) is 16.6. The van der Waals surface area contributed by atoms with Crippen LogP contribution in [0.1, 0.15) is 0 Å². The molecule has 4 heterocycles. The lowest BCUT2D eigenvalue weighted by molar-refractivity contribution is 0.667. The van der Waals surface area contributed by atoms with Crippen LogP contribution in [-0.4, -0.2) is 24.5 Å². The lowest BCUT2D eigenvalue weighted by Crippen LogP contribution is -2.01. The third kappa shape index (κ3) is 4.58. The van der Waals surface area contributed by atoms with Crippen LogP contribution in [0.3, 0.4) is 0 Å². The van der Waals surface area contributed by atoms with E-state index in [1.165, 1.54) is 21.8 Å². The minimum absolute atomic E-state index is 0.458. The fraction of sp³-hybridized carbons (Fsp3) is 0. The highest BCUT2D eigenvalue weighted by Crippen LogP contribution is 2.36. The lowest BCUT2D eigenvalue weighted by atomic mass is 10.0. The molecule has 234 valence electrons. The van der Waals surface area contributed by atoms with Gasteiger partial charge in [-0.3, -0.25) is 0 Å². The number of rotatable bonds is 5. The van der Waals surface area contributed by atoms with Gasteiger partial charge in [0, 0.05) is 44.6 Å². The van der Waals surface area contributed by atoms with Gasteiger partial charge >= 0.3 is 0 Å². The molecule has 0 saturated carbocycles. The van der Waals surface area contributed by atoms with Crippen molar-refractivity contribution in [1.82, 2.24) is 24.5 Å². The molecule has 0 unspecified atom stereocenters. The summed E-state index contributed by atoms with van der Waals surface area (Å²) in [4.78, 5) is 19.6. The Kier molecular flexibility index (Phi) is 6.39. The van der Waals surface area contributed by atoms with E-state index in [9.17, 15) is 0 Å². The van der Waals surface area contributed by atoms with Crippen LogP contribution in [0.25, 0.3) is 94.9 Å². The number of aromatic nitrogens is 5. The molecular weight excluding hydrogens is 615 g/mol. The van der Waals surface area contributed by atoms with Crippen LogP contribution in [-0.2, 0) is 0 Å². The molecule has 6 heteroatoms. The van der Waals surface area contributed by atoms with Crippen molar-refractivity contribution in [1.29, 1.82) is 0 Å². The first kappa shape index (κ1) is 28.1. The minimum atomic E-state index is 0.458. The highest BCUT2D eigenvalue weighted by atomic mass is 16.3. The van der Waals surface area contributed by atoms with Crippen molar-refractivity contribution in [2.45, 2.75) is 0 Å². The van der Waals surface area contributed by atoms with Crippen molar-refractivity contribution in [3.8, 4) is 51.1 Å². The van der Waals surface area contributed by atoms with Crippen molar-refractivity contribution in [2.24, 2.45) is 0 Å². The maximum Gasteiger partial charge on any atom is 0.186 e. The average Bonchev–Trinajstić information content (AvgIpc) is 3.74. The van der Waals surface area contributed by atoms with Gasteiger partial charge in [-0.05, 0) is 53.6 Å². The number of pyridine rings is 1. The Morgan fingerprint density at radius 1 is 0.420 bits per heavy atom. The van der Waals surface area contributed by atoms with Gasteiger partial charge in [0.2, 0.25) is 0 Å². The van der Waals surface area contributed by atoms with Crippen LogP contribution >= 0.6 is 0 Å². The largest absolute Gasteiger partial charge is 0.454 e. The average molecular weight is 642 g/mol. The van der Waals surface area contributed by atoms with E-state index in [2.05, 4.69) is 102 Å². The van der Waals surface area contributed by atoms with Crippen LogP contribution in [0.2, 0.25) is 0 Å². The van der Waals surface area contributed by atoms with Crippen molar-refractivity contribution >= 4 is 43.7 Å². The molecule has 50 heavy (non-hydrogen) atoms. The zero-order valence-electron chi connectivity index (χ0n) is 26.7. The van der Waals surface area contributed by atoms with Gasteiger partial charge < -0.3 is 8.98 Å². The first-order chi connectivity index (χ1) is 24.8. The van der Waals surface area contributed by atoms with Gasteiger partial charge in [-0.1, -0.05) is 115 Å². The summed E-state index contributed by atoms with van der Waals surface area (Å²) in [6, 6.07) is 54.2. The number of hydrogen-bond donors (Lipinski definition) is 0. The summed E-state index contributed by atoms with van der Waals surface area (Å²) in [6.45, 7) is 0. The molecule has 6 nitrogen and oxygen atoms in total. The van der Waals surface area contributed by atoms with Crippen LogP contribution in [0.5, 0.6) is 0 Å². The van der Waals surface area contributed by atoms with Crippen LogP contribution in [0.4, 0.5) is 0 Å². The molecule has 0 bridgehead atoms. The summed E-state index contributed by atoms with van der Waals surface area (Å²) in [5.41, 5.74) is 9.47. The Hall–Kier alpha value is -6.92. The van der Waals surface area contributed by atoms with Crippen molar-refractivity contribution in [2.75, 3.05) is 0 Å². The molecule has 0 saturated heterocycles. The normalized spacial score (nSPS) is 11.6. The number of para-hydroxylation sites is 3. The second-order valence-electron chi connectivity index (χ2n) is 12.3. The van der Waals surface area contributed by atoms with Crippen molar-refractivity contribution in [3.05, 3.63) is 164 Å². The topological polar surface area (TPSA) is 69.6 Å². The van der Waals surface area contributed by atoms with Gasteiger partial charge in [-0.15, -0.1) is 0 Å². The van der Waals surface area contributed by atoms with E-state index in [0.717, 1.165) is 44.3 Å². The molecular formula is C44H27N5O. The molecule has 0 aliphatic rings. The Balaban J connectivity index is 1.08. The van der Waals surface area contributed by atoms with Crippen LogP contribution in [0, 0.1) is 0 Å². The molecule has 0 spiro atoms. The second kappa shape index (κ2) is 11.4. The predicted molar refractivity (Wildman–Crippen MR) is 201 cm³/mol. The third-order valence-electron chi connectivity index (χ3n) is 9.33. The monoisotopic (exact) mass is 641 g/mol. The van der Waals surface area contributed by atoms with E-state index >= 15 is 0 Å². The maximum absolute atomic E-state index is 6.33. The third-order valence-corrected chi connectivity index (χ3v) is 9.33. The van der Waals surface area contributed by atoms with Gasteiger partial charge in [0.15, 0.2) is 28.8 Å².